The molecule has 1 aliphatic rings. The normalized spacial score (nSPS) is 22.4. The minimum Gasteiger partial charge on any atom is -0.393 e. The second-order valence-electron chi connectivity index (χ2n) is 7.07. The highest BCUT2D eigenvalue weighted by molar-refractivity contribution is 5.87. The van der Waals surface area contributed by atoms with E-state index in [1.165, 1.54) is 5.56 Å². The van der Waals surface area contributed by atoms with Crippen LogP contribution in [0.1, 0.15) is 57.6 Å². The summed E-state index contributed by atoms with van der Waals surface area (Å²) in [4.78, 5) is 12.6. The van der Waals surface area contributed by atoms with E-state index >= 15 is 0 Å². The van der Waals surface area contributed by atoms with Gasteiger partial charge in [0.15, 0.2) is 0 Å². The number of aliphatic hydroxyl groups is 1. The maximum Gasteiger partial charge on any atom is 0.230 e. The standard InChI is InChI=1S/C19H29NO2/c1-4-14-8-10-16(11-9-14)19(2,3)18(22)20-13-15-6-5-7-17(21)12-15/h8-11,15,17,21H,4-7,12-13H2,1-3H3,(H,20,22). The van der Waals surface area contributed by atoms with Crippen molar-refractivity contribution in [3.63, 3.8) is 0 Å². The number of nitrogens with one attached hydrogen (secondary N) is 1. The van der Waals surface area contributed by atoms with Crippen LogP contribution >= 0.6 is 0 Å². The van der Waals surface area contributed by atoms with Crippen molar-refractivity contribution in [3.8, 4) is 0 Å². The van der Waals surface area contributed by atoms with Crippen LogP contribution in [0, 0.1) is 5.92 Å². The Morgan fingerprint density at radius 3 is 2.55 bits per heavy atom. The van der Waals surface area contributed by atoms with Gasteiger partial charge in [-0.15, -0.1) is 0 Å². The Hall–Kier alpha value is -1.35. The first-order valence-electron chi connectivity index (χ1n) is 8.49. The van der Waals surface area contributed by atoms with E-state index in [0.717, 1.165) is 37.7 Å². The van der Waals surface area contributed by atoms with Crippen LogP contribution < -0.4 is 5.32 Å². The van der Waals surface area contributed by atoms with Gasteiger partial charge >= 0.3 is 0 Å². The fraction of sp³-hybridized carbons (Fsp3) is 0.632. The Morgan fingerprint density at radius 2 is 1.95 bits per heavy atom. The van der Waals surface area contributed by atoms with Crippen molar-refractivity contribution < 1.29 is 9.90 Å². The molecule has 2 atom stereocenters. The molecule has 1 saturated carbocycles. The van der Waals surface area contributed by atoms with Gasteiger partial charge in [0.05, 0.1) is 11.5 Å². The summed E-state index contributed by atoms with van der Waals surface area (Å²) in [6.07, 6.45) is 4.69. The molecule has 1 aromatic rings. The lowest BCUT2D eigenvalue weighted by molar-refractivity contribution is -0.126. The molecule has 0 heterocycles. The van der Waals surface area contributed by atoms with Crippen LogP contribution in [0.4, 0.5) is 0 Å². The minimum absolute atomic E-state index is 0.0665. The summed E-state index contributed by atoms with van der Waals surface area (Å²) < 4.78 is 0. The van der Waals surface area contributed by atoms with E-state index < -0.39 is 5.41 Å². The zero-order valence-electron chi connectivity index (χ0n) is 14.1. The lowest BCUT2D eigenvalue weighted by Gasteiger charge is -2.29. The molecule has 0 spiro atoms. The zero-order chi connectivity index (χ0) is 16.2. The fourth-order valence-electron chi connectivity index (χ4n) is 3.19. The first-order chi connectivity index (χ1) is 10.4. The first kappa shape index (κ1) is 17.0. The van der Waals surface area contributed by atoms with E-state index in [1.807, 2.05) is 13.8 Å². The van der Waals surface area contributed by atoms with Crippen LogP contribution in [-0.2, 0) is 16.6 Å². The number of amides is 1. The average Bonchev–Trinajstić information content (AvgIpc) is 2.52. The average molecular weight is 303 g/mol. The molecular weight excluding hydrogens is 274 g/mol. The van der Waals surface area contributed by atoms with E-state index in [-0.39, 0.29) is 12.0 Å². The fourth-order valence-corrected chi connectivity index (χ4v) is 3.19. The number of rotatable bonds is 5. The van der Waals surface area contributed by atoms with Crippen molar-refractivity contribution in [2.75, 3.05) is 6.54 Å². The van der Waals surface area contributed by atoms with Crippen LogP contribution in [0.5, 0.6) is 0 Å². The number of aryl methyl sites for hydroxylation is 1. The molecule has 122 valence electrons. The van der Waals surface area contributed by atoms with E-state index in [4.69, 9.17) is 0 Å². The van der Waals surface area contributed by atoms with Crippen LogP contribution in [0.25, 0.3) is 0 Å². The van der Waals surface area contributed by atoms with Crippen molar-refractivity contribution >= 4 is 5.91 Å². The van der Waals surface area contributed by atoms with Gasteiger partial charge in [-0.1, -0.05) is 37.6 Å². The van der Waals surface area contributed by atoms with E-state index in [1.54, 1.807) is 0 Å². The summed E-state index contributed by atoms with van der Waals surface area (Å²) in [5, 5.41) is 12.8. The molecule has 0 radical (unpaired) electrons. The van der Waals surface area contributed by atoms with Gasteiger partial charge < -0.3 is 10.4 Å². The van der Waals surface area contributed by atoms with Crippen LogP contribution in [0.3, 0.4) is 0 Å². The molecule has 0 aliphatic heterocycles. The Balaban J connectivity index is 1.94. The van der Waals surface area contributed by atoms with E-state index in [0.29, 0.717) is 12.5 Å². The van der Waals surface area contributed by atoms with E-state index in [9.17, 15) is 9.90 Å². The highest BCUT2D eigenvalue weighted by Gasteiger charge is 2.30. The predicted molar refractivity (Wildman–Crippen MR) is 89.8 cm³/mol. The summed E-state index contributed by atoms with van der Waals surface area (Å²) in [7, 11) is 0. The number of carbonyl (C=O) groups is 1. The van der Waals surface area contributed by atoms with Gasteiger partial charge in [-0.25, -0.2) is 0 Å². The predicted octanol–water partition coefficient (Wildman–Crippen LogP) is 3.19. The maximum atomic E-state index is 12.6. The van der Waals surface area contributed by atoms with Crippen LogP contribution in [0.15, 0.2) is 24.3 Å². The molecule has 1 amide bonds. The molecule has 3 heteroatoms. The lowest BCUT2D eigenvalue weighted by Crippen LogP contribution is -2.42. The molecule has 2 N–H and O–H groups in total. The number of aliphatic hydroxyl groups excluding tert-OH is 1. The molecule has 3 nitrogen and oxygen atoms in total. The van der Waals surface area contributed by atoms with Crippen molar-refractivity contribution in [3.05, 3.63) is 35.4 Å². The third kappa shape index (κ3) is 4.10. The number of hydrogen-bond donors (Lipinski definition) is 2. The minimum atomic E-state index is -0.528. The molecule has 1 fully saturated rings. The zero-order valence-corrected chi connectivity index (χ0v) is 14.1. The smallest absolute Gasteiger partial charge is 0.230 e. The molecular formula is C19H29NO2. The Kier molecular flexibility index (Phi) is 5.63. The lowest BCUT2D eigenvalue weighted by atomic mass is 9.82. The van der Waals surface area contributed by atoms with Crippen LogP contribution in [-0.4, -0.2) is 23.7 Å². The summed E-state index contributed by atoms with van der Waals surface area (Å²) in [6, 6.07) is 8.31. The third-order valence-corrected chi connectivity index (χ3v) is 4.96. The summed E-state index contributed by atoms with van der Waals surface area (Å²) in [6.45, 7) is 6.75. The second-order valence-corrected chi connectivity index (χ2v) is 7.07. The number of hydrogen-bond acceptors (Lipinski definition) is 2. The van der Waals surface area contributed by atoms with Crippen LogP contribution in [0.2, 0.25) is 0 Å². The van der Waals surface area contributed by atoms with Gasteiger partial charge in [-0.2, -0.15) is 0 Å². The quantitative estimate of drug-likeness (QED) is 0.877. The molecule has 22 heavy (non-hydrogen) atoms. The Labute approximate surface area is 134 Å². The highest BCUT2D eigenvalue weighted by atomic mass is 16.3. The van der Waals surface area contributed by atoms with Gasteiger partial charge in [-0.05, 0) is 56.6 Å². The second kappa shape index (κ2) is 7.28. The molecule has 2 unspecified atom stereocenters. The molecule has 0 aromatic heterocycles. The maximum absolute atomic E-state index is 12.6. The SMILES string of the molecule is CCc1ccc(C(C)(C)C(=O)NCC2CCCC(O)C2)cc1. The highest BCUT2D eigenvalue weighted by Crippen LogP contribution is 2.26. The molecule has 1 aliphatic carbocycles. The number of carbonyl (C=O) groups excluding carboxylic acids is 1. The molecule has 0 saturated heterocycles. The van der Waals surface area contributed by atoms with Crippen molar-refractivity contribution in [1.82, 2.24) is 5.32 Å². The van der Waals surface area contributed by atoms with E-state index in [2.05, 4.69) is 36.5 Å². The summed E-state index contributed by atoms with van der Waals surface area (Å²) in [5.41, 5.74) is 1.81. The van der Waals surface area contributed by atoms with Gasteiger partial charge in [0.2, 0.25) is 5.91 Å². The molecule has 1 aromatic carbocycles. The monoisotopic (exact) mass is 303 g/mol. The van der Waals surface area contributed by atoms with Crippen molar-refractivity contribution in [2.24, 2.45) is 5.92 Å². The Morgan fingerprint density at radius 1 is 1.27 bits per heavy atom. The van der Waals surface area contributed by atoms with Gasteiger partial charge in [-0.3, -0.25) is 4.79 Å². The first-order valence-corrected chi connectivity index (χ1v) is 8.49. The van der Waals surface area contributed by atoms with Gasteiger partial charge in [0, 0.05) is 6.54 Å². The third-order valence-electron chi connectivity index (χ3n) is 4.96. The van der Waals surface area contributed by atoms with Crippen molar-refractivity contribution in [2.45, 2.75) is 64.4 Å². The van der Waals surface area contributed by atoms with Gasteiger partial charge in [0.1, 0.15) is 0 Å². The van der Waals surface area contributed by atoms with Crippen molar-refractivity contribution in [1.29, 1.82) is 0 Å². The largest absolute Gasteiger partial charge is 0.393 e. The molecule has 2 rings (SSSR count). The topological polar surface area (TPSA) is 49.3 Å². The number of benzene rings is 1. The summed E-state index contributed by atoms with van der Waals surface area (Å²) >= 11 is 0. The summed E-state index contributed by atoms with van der Waals surface area (Å²) in [5.74, 6) is 0.475. The van der Waals surface area contributed by atoms with Gasteiger partial charge in [0.25, 0.3) is 0 Å². The molecule has 0 bridgehead atoms. The Bertz CT molecular complexity index is 493.